The first kappa shape index (κ1) is 17.2. The molecule has 0 aromatic carbocycles. The molecule has 0 aliphatic carbocycles. The van der Waals surface area contributed by atoms with E-state index in [2.05, 4.69) is 13.5 Å². The monoisotopic (exact) mass is 256 g/mol. The van der Waals surface area contributed by atoms with Gasteiger partial charge in [-0.3, -0.25) is 0 Å². The molecule has 2 unspecified atom stereocenters. The average Bonchev–Trinajstić information content (AvgIpc) is 2.27. The topological polar surface area (TPSA) is 46.5 Å². The predicted octanol–water partition coefficient (Wildman–Crippen LogP) is 3.81. The van der Waals surface area contributed by atoms with E-state index in [1.807, 2.05) is 6.92 Å². The molecule has 1 N–H and O–H groups in total. The smallest absolute Gasteiger partial charge is 0.335 e. The zero-order chi connectivity index (χ0) is 14.2. The molecule has 0 aromatic rings. The van der Waals surface area contributed by atoms with Gasteiger partial charge in [0.25, 0.3) is 0 Å². The highest BCUT2D eigenvalue weighted by atomic mass is 16.7. The first-order valence-electron chi connectivity index (χ1n) is 6.92. The molecular formula is C15H28O3. The summed E-state index contributed by atoms with van der Waals surface area (Å²) in [7, 11) is 0. The predicted molar refractivity (Wildman–Crippen MR) is 74.1 cm³/mol. The molecule has 0 aliphatic heterocycles. The first-order valence-corrected chi connectivity index (χ1v) is 6.92. The summed E-state index contributed by atoms with van der Waals surface area (Å²) < 4.78 is 5.06. The number of rotatable bonds is 9. The Balaban J connectivity index is 4.02. The van der Waals surface area contributed by atoms with Gasteiger partial charge in [-0.2, -0.15) is 0 Å². The van der Waals surface area contributed by atoms with Crippen molar-refractivity contribution in [3.63, 3.8) is 0 Å². The molecule has 18 heavy (non-hydrogen) atoms. The maximum Gasteiger partial charge on any atom is 0.335 e. The first-order chi connectivity index (χ1) is 8.31. The van der Waals surface area contributed by atoms with Crippen LogP contribution in [0.1, 0.15) is 66.2 Å². The normalized spacial score (nSPS) is 15.8. The molecule has 0 rings (SSSR count). The summed E-state index contributed by atoms with van der Waals surface area (Å²) in [5, 5.41) is 10.1. The van der Waals surface area contributed by atoms with Crippen molar-refractivity contribution in [3.05, 3.63) is 12.2 Å². The minimum absolute atomic E-state index is 0.0672. The van der Waals surface area contributed by atoms with Gasteiger partial charge in [0, 0.05) is 18.4 Å². The van der Waals surface area contributed by atoms with Crippen LogP contribution in [-0.2, 0) is 9.53 Å². The van der Waals surface area contributed by atoms with E-state index in [4.69, 9.17) is 4.74 Å². The molecule has 106 valence electrons. The van der Waals surface area contributed by atoms with E-state index in [-0.39, 0.29) is 5.92 Å². The Morgan fingerprint density at radius 2 is 1.89 bits per heavy atom. The van der Waals surface area contributed by atoms with Gasteiger partial charge in [-0.15, -0.1) is 0 Å². The zero-order valence-electron chi connectivity index (χ0n) is 12.3. The van der Waals surface area contributed by atoms with Crippen LogP contribution in [0.5, 0.6) is 0 Å². The minimum Gasteiger partial charge on any atom is -0.430 e. The van der Waals surface area contributed by atoms with Crippen LogP contribution in [0.2, 0.25) is 0 Å². The fourth-order valence-electron chi connectivity index (χ4n) is 1.70. The molecular weight excluding hydrogens is 228 g/mol. The van der Waals surface area contributed by atoms with Crippen LogP contribution in [0.3, 0.4) is 0 Å². The Bertz CT molecular complexity index is 269. The summed E-state index contributed by atoms with van der Waals surface area (Å²) in [6.45, 7) is 10.7. The second kappa shape index (κ2) is 8.30. The third kappa shape index (κ3) is 6.80. The number of unbranched alkanes of at least 4 members (excludes halogenated alkanes) is 4. The molecule has 0 heterocycles. The lowest BCUT2D eigenvalue weighted by Crippen LogP contribution is -2.38. The van der Waals surface area contributed by atoms with Gasteiger partial charge in [-0.05, 0) is 13.3 Å². The second-order valence-corrected chi connectivity index (χ2v) is 5.33. The lowest BCUT2D eigenvalue weighted by Gasteiger charge is -2.30. The second-order valence-electron chi connectivity index (χ2n) is 5.33. The summed E-state index contributed by atoms with van der Waals surface area (Å²) in [6.07, 6.45) is 6.81. The van der Waals surface area contributed by atoms with Crippen LogP contribution in [0.15, 0.2) is 12.2 Å². The molecule has 0 aliphatic rings. The zero-order valence-corrected chi connectivity index (χ0v) is 12.3. The number of hydrogen-bond donors (Lipinski definition) is 1. The van der Waals surface area contributed by atoms with Crippen molar-refractivity contribution in [2.75, 3.05) is 0 Å². The number of hydrogen-bond acceptors (Lipinski definition) is 3. The van der Waals surface area contributed by atoms with E-state index in [9.17, 15) is 9.90 Å². The molecule has 0 aromatic heterocycles. The third-order valence-corrected chi connectivity index (χ3v) is 3.30. The van der Waals surface area contributed by atoms with Crippen molar-refractivity contribution >= 4 is 5.97 Å². The summed E-state index contributed by atoms with van der Waals surface area (Å²) in [5.41, 5.74) is 0.311. The van der Waals surface area contributed by atoms with Crippen molar-refractivity contribution < 1.29 is 14.6 Å². The van der Waals surface area contributed by atoms with E-state index in [1.54, 1.807) is 13.8 Å². The highest BCUT2D eigenvalue weighted by molar-refractivity contribution is 5.87. The lowest BCUT2D eigenvalue weighted by molar-refractivity contribution is -0.217. The van der Waals surface area contributed by atoms with Crippen molar-refractivity contribution in [2.45, 2.75) is 72.0 Å². The quantitative estimate of drug-likeness (QED) is 0.295. The van der Waals surface area contributed by atoms with Gasteiger partial charge in [0.05, 0.1) is 0 Å². The van der Waals surface area contributed by atoms with Gasteiger partial charge in [-0.1, -0.05) is 52.5 Å². The fraction of sp³-hybridized carbons (Fsp3) is 0.800. The molecule has 3 heteroatoms. The Hall–Kier alpha value is -0.830. The van der Waals surface area contributed by atoms with E-state index in [1.165, 1.54) is 25.7 Å². The van der Waals surface area contributed by atoms with E-state index >= 15 is 0 Å². The third-order valence-electron chi connectivity index (χ3n) is 3.30. The lowest BCUT2D eigenvalue weighted by atomic mass is 9.95. The number of carbonyl (C=O) groups excluding carboxylic acids is 1. The van der Waals surface area contributed by atoms with Gasteiger partial charge in [0.2, 0.25) is 5.79 Å². The van der Waals surface area contributed by atoms with Crippen LogP contribution in [-0.4, -0.2) is 16.9 Å². The average molecular weight is 256 g/mol. The molecule has 0 amide bonds. The van der Waals surface area contributed by atoms with E-state index in [0.29, 0.717) is 5.57 Å². The molecule has 0 fully saturated rings. The number of aliphatic hydroxyl groups is 1. The minimum atomic E-state index is -1.40. The highest BCUT2D eigenvalue weighted by Gasteiger charge is 2.32. The van der Waals surface area contributed by atoms with Crippen LogP contribution in [0.4, 0.5) is 0 Å². The molecule has 2 atom stereocenters. The van der Waals surface area contributed by atoms with Gasteiger partial charge >= 0.3 is 5.97 Å². The largest absolute Gasteiger partial charge is 0.430 e. The van der Waals surface area contributed by atoms with Gasteiger partial charge < -0.3 is 9.84 Å². The van der Waals surface area contributed by atoms with Gasteiger partial charge in [0.15, 0.2) is 0 Å². The summed E-state index contributed by atoms with van der Waals surface area (Å²) in [5.74, 6) is -2.00. The van der Waals surface area contributed by atoms with Crippen LogP contribution >= 0.6 is 0 Å². The van der Waals surface area contributed by atoms with Crippen molar-refractivity contribution in [3.8, 4) is 0 Å². The molecule has 3 nitrogen and oxygen atoms in total. The number of ether oxygens (including phenoxy) is 1. The Labute approximate surface area is 111 Å². The molecule has 0 bridgehead atoms. The highest BCUT2D eigenvalue weighted by Crippen LogP contribution is 2.25. The van der Waals surface area contributed by atoms with Crippen LogP contribution < -0.4 is 0 Å². The van der Waals surface area contributed by atoms with Crippen molar-refractivity contribution in [1.82, 2.24) is 0 Å². The molecule has 0 radical (unpaired) electrons. The SMILES string of the molecule is C=C(C)C(=O)OC(C)(O)C(C)CCCCCCC. The van der Waals surface area contributed by atoms with Crippen molar-refractivity contribution in [1.29, 1.82) is 0 Å². The summed E-state index contributed by atoms with van der Waals surface area (Å²) >= 11 is 0. The fourth-order valence-corrected chi connectivity index (χ4v) is 1.70. The number of esters is 1. The Morgan fingerprint density at radius 1 is 1.33 bits per heavy atom. The number of carbonyl (C=O) groups is 1. The summed E-state index contributed by atoms with van der Waals surface area (Å²) in [4.78, 5) is 11.4. The maximum atomic E-state index is 11.4. The standard InChI is InChI=1S/C15H28O3/c1-6-7-8-9-10-11-13(4)15(5,17)18-14(16)12(2)3/h13,17H,2,6-11H2,1,3-5H3. The Kier molecular flexibility index (Phi) is 7.92. The van der Waals surface area contributed by atoms with Crippen LogP contribution in [0, 0.1) is 5.92 Å². The van der Waals surface area contributed by atoms with E-state index in [0.717, 1.165) is 12.8 Å². The van der Waals surface area contributed by atoms with Gasteiger partial charge in [-0.25, -0.2) is 4.79 Å². The molecule has 0 spiro atoms. The van der Waals surface area contributed by atoms with Crippen molar-refractivity contribution in [2.24, 2.45) is 5.92 Å². The summed E-state index contributed by atoms with van der Waals surface area (Å²) in [6, 6.07) is 0. The Morgan fingerprint density at radius 3 is 2.39 bits per heavy atom. The van der Waals surface area contributed by atoms with E-state index < -0.39 is 11.8 Å². The molecule has 0 saturated carbocycles. The molecule has 0 saturated heterocycles. The van der Waals surface area contributed by atoms with Crippen LogP contribution in [0.25, 0.3) is 0 Å². The van der Waals surface area contributed by atoms with Gasteiger partial charge in [0.1, 0.15) is 0 Å². The maximum absolute atomic E-state index is 11.4.